The molecule has 214 valence electrons. The molecule has 1 nitrogen and oxygen atoms in total. The van der Waals surface area contributed by atoms with Crippen molar-refractivity contribution in [1.82, 2.24) is 0 Å². The van der Waals surface area contributed by atoms with E-state index in [-0.39, 0.29) is 0 Å². The first-order valence-corrected chi connectivity index (χ1v) is 16.9. The highest BCUT2D eigenvalue weighted by Crippen LogP contribution is 2.44. The minimum Gasteiger partial charge on any atom is -0.192 e. The Balaban J connectivity index is 1.31. The largest absolute Gasteiger partial charge is 0.192 e. The van der Waals surface area contributed by atoms with Crippen LogP contribution in [0.1, 0.15) is 5.56 Å². The van der Waals surface area contributed by atoms with Crippen molar-refractivity contribution in [1.29, 1.82) is 5.26 Å². The van der Waals surface area contributed by atoms with Gasteiger partial charge in [-0.3, -0.25) is 0 Å². The number of nitrogens with zero attached hydrogens (tertiary/aromatic N) is 1. The highest BCUT2D eigenvalue weighted by atomic mass is 32.1. The minimum atomic E-state index is 0.651. The summed E-state index contributed by atoms with van der Waals surface area (Å²) in [5.74, 6) is 0. The van der Waals surface area contributed by atoms with Crippen LogP contribution in [0.4, 0.5) is 0 Å². The van der Waals surface area contributed by atoms with Gasteiger partial charge in [0.2, 0.25) is 0 Å². The summed E-state index contributed by atoms with van der Waals surface area (Å²) in [7, 11) is 0. The van der Waals surface area contributed by atoms with E-state index in [0.717, 1.165) is 27.8 Å². The van der Waals surface area contributed by atoms with Gasteiger partial charge in [-0.15, -0.1) is 22.7 Å². The van der Waals surface area contributed by atoms with Gasteiger partial charge in [0.05, 0.1) is 11.6 Å². The van der Waals surface area contributed by atoms with Crippen molar-refractivity contribution in [2.24, 2.45) is 0 Å². The van der Waals surface area contributed by atoms with Crippen LogP contribution < -0.4 is 0 Å². The highest BCUT2D eigenvalue weighted by Gasteiger charge is 2.17. The Labute approximate surface area is 274 Å². The molecule has 3 heteroatoms. The molecule has 0 aliphatic heterocycles. The molecule has 7 aromatic carbocycles. The standard InChI is InChI=1S/C43H25NS2/c44-26-27-21-31(28-9-2-1-3-10-28)23-32(22-27)38-24-29(34-13-8-16-41-43(34)37-12-5-7-15-40(37)45-41)17-19-33(38)30-18-20-36-35-11-4-6-14-39(35)46-42(36)25-30/h1-25H. The number of rotatable bonds is 4. The van der Waals surface area contributed by atoms with Crippen LogP contribution in [0.2, 0.25) is 0 Å². The molecular weight excluding hydrogens is 595 g/mol. The maximum absolute atomic E-state index is 10.1. The van der Waals surface area contributed by atoms with Crippen LogP contribution in [-0.4, -0.2) is 0 Å². The van der Waals surface area contributed by atoms with Crippen LogP contribution in [0, 0.1) is 11.3 Å². The van der Waals surface area contributed by atoms with E-state index in [2.05, 4.69) is 127 Å². The van der Waals surface area contributed by atoms with Crippen molar-refractivity contribution < 1.29 is 0 Å². The zero-order chi connectivity index (χ0) is 30.6. The fourth-order valence-electron chi connectivity index (χ4n) is 6.76. The highest BCUT2D eigenvalue weighted by molar-refractivity contribution is 7.26. The summed E-state index contributed by atoms with van der Waals surface area (Å²) in [6, 6.07) is 56.7. The SMILES string of the molecule is N#Cc1cc(-c2ccccc2)cc(-c2cc(-c3cccc4sc5ccccc5c34)ccc2-c2ccc3c(c2)sc2ccccc23)c1. The van der Waals surface area contributed by atoms with Crippen LogP contribution in [0.15, 0.2) is 152 Å². The fraction of sp³-hybridized carbons (Fsp3) is 0. The quantitative estimate of drug-likeness (QED) is 0.192. The molecule has 0 saturated heterocycles. The molecule has 0 spiro atoms. The Morgan fingerprint density at radius 1 is 0.370 bits per heavy atom. The van der Waals surface area contributed by atoms with Gasteiger partial charge in [0.1, 0.15) is 0 Å². The number of thiophene rings is 2. The van der Waals surface area contributed by atoms with Gasteiger partial charge in [0, 0.05) is 40.3 Å². The van der Waals surface area contributed by atoms with E-state index in [1.807, 2.05) is 53.0 Å². The average Bonchev–Trinajstić information content (AvgIpc) is 3.69. The number of nitriles is 1. The molecule has 46 heavy (non-hydrogen) atoms. The van der Waals surface area contributed by atoms with Gasteiger partial charge >= 0.3 is 0 Å². The summed E-state index contributed by atoms with van der Waals surface area (Å²) in [6.45, 7) is 0. The third-order valence-electron chi connectivity index (χ3n) is 8.90. The zero-order valence-corrected chi connectivity index (χ0v) is 26.3. The van der Waals surface area contributed by atoms with Crippen molar-refractivity contribution in [3.05, 3.63) is 157 Å². The zero-order valence-electron chi connectivity index (χ0n) is 24.7. The number of benzene rings is 7. The van der Waals surface area contributed by atoms with E-state index >= 15 is 0 Å². The summed E-state index contributed by atoms with van der Waals surface area (Å²) >= 11 is 3.68. The molecule has 2 heterocycles. The van der Waals surface area contributed by atoms with Crippen molar-refractivity contribution >= 4 is 63.0 Å². The van der Waals surface area contributed by atoms with Gasteiger partial charge in [-0.1, -0.05) is 103 Å². The van der Waals surface area contributed by atoms with Crippen LogP contribution >= 0.6 is 22.7 Å². The van der Waals surface area contributed by atoms with E-state index in [1.165, 1.54) is 57.0 Å². The van der Waals surface area contributed by atoms with Gasteiger partial charge in [-0.25, -0.2) is 0 Å². The summed E-state index contributed by atoms with van der Waals surface area (Å²) in [6.07, 6.45) is 0. The lowest BCUT2D eigenvalue weighted by molar-refractivity contribution is 1.48. The van der Waals surface area contributed by atoms with Crippen molar-refractivity contribution in [3.63, 3.8) is 0 Å². The van der Waals surface area contributed by atoms with Gasteiger partial charge in [0.25, 0.3) is 0 Å². The summed E-state index contributed by atoms with van der Waals surface area (Å²) in [5.41, 5.74) is 9.65. The Morgan fingerprint density at radius 2 is 1.02 bits per heavy atom. The topological polar surface area (TPSA) is 23.8 Å². The molecule has 9 rings (SSSR count). The Hall–Kier alpha value is -5.53. The lowest BCUT2D eigenvalue weighted by atomic mass is 9.88. The summed E-state index contributed by atoms with van der Waals surface area (Å²) in [4.78, 5) is 0. The average molecular weight is 620 g/mol. The normalized spacial score (nSPS) is 11.5. The molecule has 0 fully saturated rings. The second-order valence-corrected chi connectivity index (χ2v) is 13.8. The molecule has 0 aliphatic carbocycles. The molecule has 0 N–H and O–H groups in total. The van der Waals surface area contributed by atoms with Gasteiger partial charge in [0.15, 0.2) is 0 Å². The third kappa shape index (κ3) is 4.43. The lowest BCUT2D eigenvalue weighted by Crippen LogP contribution is -1.91. The lowest BCUT2D eigenvalue weighted by Gasteiger charge is -2.16. The van der Waals surface area contributed by atoms with E-state index in [0.29, 0.717) is 5.56 Å². The second kappa shape index (κ2) is 10.8. The summed E-state index contributed by atoms with van der Waals surface area (Å²) in [5, 5.41) is 15.3. The van der Waals surface area contributed by atoms with Gasteiger partial charge in [-0.2, -0.15) is 5.26 Å². The number of hydrogen-bond acceptors (Lipinski definition) is 3. The van der Waals surface area contributed by atoms with Gasteiger partial charge < -0.3 is 0 Å². The Bertz CT molecular complexity index is 2650. The third-order valence-corrected chi connectivity index (χ3v) is 11.2. The minimum absolute atomic E-state index is 0.651. The maximum atomic E-state index is 10.1. The van der Waals surface area contributed by atoms with Gasteiger partial charge in [-0.05, 0) is 93.0 Å². The summed E-state index contributed by atoms with van der Waals surface area (Å²) < 4.78 is 5.17. The Morgan fingerprint density at radius 3 is 1.87 bits per heavy atom. The van der Waals surface area contributed by atoms with Crippen LogP contribution in [-0.2, 0) is 0 Å². The van der Waals surface area contributed by atoms with Crippen molar-refractivity contribution in [2.45, 2.75) is 0 Å². The molecule has 2 aromatic heterocycles. The van der Waals surface area contributed by atoms with Crippen LogP contribution in [0.3, 0.4) is 0 Å². The van der Waals surface area contributed by atoms with Crippen molar-refractivity contribution in [2.75, 3.05) is 0 Å². The molecule has 9 aromatic rings. The molecule has 0 saturated carbocycles. The van der Waals surface area contributed by atoms with E-state index in [9.17, 15) is 5.26 Å². The smallest absolute Gasteiger partial charge is 0.0992 e. The molecular formula is C43H25NS2. The molecule has 0 bridgehead atoms. The number of hydrogen-bond donors (Lipinski definition) is 0. The predicted octanol–water partition coefficient (Wildman–Crippen LogP) is 13.0. The monoisotopic (exact) mass is 619 g/mol. The number of fused-ring (bicyclic) bond motifs is 6. The molecule has 0 unspecified atom stereocenters. The van der Waals surface area contributed by atoms with E-state index in [4.69, 9.17) is 0 Å². The maximum Gasteiger partial charge on any atom is 0.0992 e. The van der Waals surface area contributed by atoms with Crippen molar-refractivity contribution in [3.8, 4) is 50.6 Å². The molecule has 0 radical (unpaired) electrons. The van der Waals surface area contributed by atoms with Crippen LogP contribution in [0.5, 0.6) is 0 Å². The van der Waals surface area contributed by atoms with Crippen LogP contribution in [0.25, 0.3) is 84.9 Å². The van der Waals surface area contributed by atoms with E-state index in [1.54, 1.807) is 0 Å². The predicted molar refractivity (Wildman–Crippen MR) is 199 cm³/mol. The van der Waals surface area contributed by atoms with E-state index < -0.39 is 0 Å². The second-order valence-electron chi connectivity index (χ2n) is 11.6. The first-order valence-electron chi connectivity index (χ1n) is 15.3. The molecule has 0 atom stereocenters. The fourth-order valence-corrected chi connectivity index (χ4v) is 9.03. The first kappa shape index (κ1) is 26.8. The Kier molecular flexibility index (Phi) is 6.31. The molecule has 0 amide bonds. The first-order chi connectivity index (χ1) is 22.7. The molecule has 0 aliphatic rings.